The topological polar surface area (TPSA) is 77.5 Å². The van der Waals surface area contributed by atoms with Crippen LogP contribution in [0, 0.1) is 18.8 Å². The van der Waals surface area contributed by atoms with Gasteiger partial charge in [0.25, 0.3) is 0 Å². The fourth-order valence-electron chi connectivity index (χ4n) is 3.70. The summed E-state index contributed by atoms with van der Waals surface area (Å²) in [4.78, 5) is 25.2. The average molecular weight is 495 g/mol. The smallest absolute Gasteiger partial charge is 0.412 e. The molecule has 1 heterocycles. The number of rotatable bonds is 5. The number of anilines is 1. The van der Waals surface area contributed by atoms with Crippen LogP contribution in [0.25, 0.3) is 0 Å². The maximum atomic E-state index is 12.5. The fourth-order valence-corrected chi connectivity index (χ4v) is 4.69. The first-order valence-electron chi connectivity index (χ1n) is 10.7. The van der Waals surface area contributed by atoms with Crippen molar-refractivity contribution < 1.29 is 19.1 Å². The zero-order valence-electron chi connectivity index (χ0n) is 19.0. The average Bonchev–Trinajstić information content (AvgIpc) is 3.58. The van der Waals surface area contributed by atoms with E-state index >= 15 is 0 Å². The zero-order valence-corrected chi connectivity index (χ0v) is 20.5. The van der Waals surface area contributed by atoms with Gasteiger partial charge in [-0.3, -0.25) is 10.1 Å². The highest BCUT2D eigenvalue weighted by Crippen LogP contribution is 2.49. The summed E-state index contributed by atoms with van der Waals surface area (Å²) in [5, 5.41) is 3.30. The Kier molecular flexibility index (Phi) is 6.92. The number of aryl methyl sites for hydroxylation is 1. The molecule has 6 nitrogen and oxygen atoms in total. The van der Waals surface area contributed by atoms with E-state index in [-0.39, 0.29) is 5.97 Å². The molecule has 3 aromatic rings. The van der Waals surface area contributed by atoms with Gasteiger partial charge in [-0.1, -0.05) is 47.9 Å². The number of ether oxygens (including phenoxy) is 2. The second-order valence-electron chi connectivity index (χ2n) is 8.07. The summed E-state index contributed by atoms with van der Waals surface area (Å²) in [5.74, 6) is 5.98. The van der Waals surface area contributed by atoms with E-state index in [4.69, 9.17) is 21.1 Å². The summed E-state index contributed by atoms with van der Waals surface area (Å²) in [6.07, 6.45) is 0.463. The highest BCUT2D eigenvalue weighted by molar-refractivity contribution is 7.07. The van der Waals surface area contributed by atoms with Crippen LogP contribution in [-0.2, 0) is 19.7 Å². The summed E-state index contributed by atoms with van der Waals surface area (Å²) >= 11 is 7.40. The molecule has 0 aliphatic heterocycles. The number of benzene rings is 2. The van der Waals surface area contributed by atoms with Crippen molar-refractivity contribution in [1.82, 2.24) is 4.37 Å². The Morgan fingerprint density at radius 3 is 2.50 bits per heavy atom. The molecular formula is C26H23ClN2O4S. The van der Waals surface area contributed by atoms with Gasteiger partial charge in [0.1, 0.15) is 11.0 Å². The van der Waals surface area contributed by atoms with Crippen molar-refractivity contribution in [2.75, 3.05) is 12.4 Å². The normalized spacial score (nSPS) is 14.4. The minimum atomic E-state index is -0.610. The molecule has 0 spiro atoms. The molecule has 4 rings (SSSR count). The van der Waals surface area contributed by atoms with Gasteiger partial charge in [-0.2, -0.15) is 4.37 Å². The quantitative estimate of drug-likeness (QED) is 0.346. The minimum absolute atomic E-state index is 0.196. The number of carbonyl (C=O) groups excluding carboxylic acids is 2. The van der Waals surface area contributed by atoms with Crippen LogP contribution in [0.1, 0.15) is 53.1 Å². The molecule has 1 amide bonds. The highest BCUT2D eigenvalue weighted by atomic mass is 35.5. The molecule has 0 saturated heterocycles. The van der Waals surface area contributed by atoms with Gasteiger partial charge in [-0.25, -0.2) is 4.79 Å². The van der Waals surface area contributed by atoms with E-state index in [2.05, 4.69) is 21.5 Å². The lowest BCUT2D eigenvalue weighted by Crippen LogP contribution is -2.21. The van der Waals surface area contributed by atoms with E-state index < -0.39 is 17.6 Å². The fraction of sp³-hybridized carbons (Fsp3) is 0.269. The van der Waals surface area contributed by atoms with Crippen LogP contribution in [0.15, 0.2) is 48.5 Å². The van der Waals surface area contributed by atoms with Crippen molar-refractivity contribution in [1.29, 1.82) is 0 Å². The van der Waals surface area contributed by atoms with Crippen LogP contribution in [0.3, 0.4) is 0 Å². The summed E-state index contributed by atoms with van der Waals surface area (Å²) in [7, 11) is 1.41. The Morgan fingerprint density at radius 1 is 1.15 bits per heavy atom. The first-order chi connectivity index (χ1) is 16.3. The van der Waals surface area contributed by atoms with Gasteiger partial charge >= 0.3 is 12.1 Å². The van der Waals surface area contributed by atoms with Gasteiger partial charge in [0.2, 0.25) is 0 Å². The van der Waals surface area contributed by atoms with Gasteiger partial charge in [-0.05, 0) is 67.9 Å². The van der Waals surface area contributed by atoms with Crippen molar-refractivity contribution in [2.24, 2.45) is 0 Å². The molecule has 1 fully saturated rings. The maximum Gasteiger partial charge on any atom is 0.412 e. The molecule has 1 aliphatic carbocycles. The number of nitrogens with zero attached hydrogens (tertiary/aromatic N) is 1. The third kappa shape index (κ3) is 4.93. The number of amides is 1. The Morgan fingerprint density at radius 2 is 1.85 bits per heavy atom. The Hall–Kier alpha value is -3.34. The Balaban J connectivity index is 1.45. The highest BCUT2D eigenvalue weighted by Gasteiger charge is 2.52. The summed E-state index contributed by atoms with van der Waals surface area (Å²) in [6, 6.07) is 14.8. The summed E-state index contributed by atoms with van der Waals surface area (Å²) in [6.45, 7) is 3.56. The van der Waals surface area contributed by atoms with E-state index in [1.807, 2.05) is 42.5 Å². The van der Waals surface area contributed by atoms with Crippen LogP contribution < -0.4 is 5.32 Å². The van der Waals surface area contributed by atoms with Gasteiger partial charge in [-0.15, -0.1) is 0 Å². The zero-order chi connectivity index (χ0) is 24.3. The number of methoxy groups -OCH3 is 1. The third-order valence-electron chi connectivity index (χ3n) is 5.80. The lowest BCUT2D eigenvalue weighted by molar-refractivity contribution is -0.143. The summed E-state index contributed by atoms with van der Waals surface area (Å²) < 4.78 is 14.8. The molecule has 1 saturated carbocycles. The molecule has 1 aliphatic rings. The summed E-state index contributed by atoms with van der Waals surface area (Å²) in [5.41, 5.74) is 3.12. The molecule has 1 atom stereocenters. The molecule has 1 aromatic heterocycles. The number of hydrogen-bond acceptors (Lipinski definition) is 6. The molecule has 0 bridgehead atoms. The van der Waals surface area contributed by atoms with Crippen LogP contribution in [0.5, 0.6) is 0 Å². The molecule has 8 heteroatoms. The first kappa shape index (κ1) is 23.8. The van der Waals surface area contributed by atoms with Crippen molar-refractivity contribution >= 4 is 40.9 Å². The van der Waals surface area contributed by atoms with Crippen LogP contribution in [-0.4, -0.2) is 23.5 Å². The number of carbonyl (C=O) groups is 2. The van der Waals surface area contributed by atoms with Crippen molar-refractivity contribution in [3.8, 4) is 11.8 Å². The monoisotopic (exact) mass is 494 g/mol. The Bertz CT molecular complexity index is 1290. The number of esters is 1. The molecule has 1 unspecified atom stereocenters. The van der Waals surface area contributed by atoms with Gasteiger partial charge in [0.05, 0.1) is 23.9 Å². The van der Waals surface area contributed by atoms with E-state index in [1.165, 1.54) is 18.6 Å². The molecule has 174 valence electrons. The molecule has 2 aromatic carbocycles. The predicted octanol–water partition coefficient (Wildman–Crippen LogP) is 6.02. The van der Waals surface area contributed by atoms with Crippen molar-refractivity contribution in [3.05, 3.63) is 80.8 Å². The lowest BCUT2D eigenvalue weighted by Gasteiger charge is -2.15. The van der Waals surface area contributed by atoms with Crippen LogP contribution in [0.2, 0.25) is 5.02 Å². The van der Waals surface area contributed by atoms with Crippen molar-refractivity contribution in [3.63, 3.8) is 0 Å². The van der Waals surface area contributed by atoms with E-state index in [1.54, 1.807) is 19.9 Å². The van der Waals surface area contributed by atoms with Gasteiger partial charge < -0.3 is 9.47 Å². The first-order valence-corrected chi connectivity index (χ1v) is 11.9. The second kappa shape index (κ2) is 9.88. The maximum absolute atomic E-state index is 12.5. The van der Waals surface area contributed by atoms with Crippen molar-refractivity contribution in [2.45, 2.75) is 38.2 Å². The molecular weight excluding hydrogens is 472 g/mol. The minimum Gasteiger partial charge on any atom is -0.468 e. The van der Waals surface area contributed by atoms with Crippen LogP contribution in [0.4, 0.5) is 10.5 Å². The number of halogens is 1. The third-order valence-corrected chi connectivity index (χ3v) is 7.00. The van der Waals surface area contributed by atoms with Gasteiger partial charge in [0.15, 0.2) is 0 Å². The van der Waals surface area contributed by atoms with E-state index in [9.17, 15) is 9.59 Å². The predicted molar refractivity (Wildman–Crippen MR) is 132 cm³/mol. The van der Waals surface area contributed by atoms with Crippen LogP contribution >= 0.6 is 23.1 Å². The SMILES string of the molecule is COC(=O)C1(c2ccc(C#Cc3snc(C)c3NC(=O)OC(C)c3ccccc3Cl)cc2)CC1. The second-order valence-corrected chi connectivity index (χ2v) is 9.25. The standard InChI is InChI=1S/C26H23ClN2O4S/c1-16-23(28-25(31)33-17(2)20-6-4-5-7-21(20)27)22(34-29-16)13-10-18-8-11-19(12-9-18)26(14-15-26)24(30)32-3/h4-9,11-12,17H,14-15H2,1-3H3,(H,28,31). The number of nitrogens with one attached hydrogen (secondary N) is 1. The molecule has 34 heavy (non-hydrogen) atoms. The number of hydrogen-bond donors (Lipinski definition) is 1. The van der Waals surface area contributed by atoms with E-state index in [0.29, 0.717) is 21.3 Å². The molecule has 1 N–H and O–H groups in total. The number of aromatic nitrogens is 1. The lowest BCUT2D eigenvalue weighted by atomic mass is 9.95. The largest absolute Gasteiger partial charge is 0.468 e. The molecule has 0 radical (unpaired) electrons. The Labute approximate surface area is 207 Å². The van der Waals surface area contributed by atoms with Gasteiger partial charge in [0, 0.05) is 16.1 Å². The van der Waals surface area contributed by atoms with E-state index in [0.717, 1.165) is 29.5 Å².